The standard InChI is InChI=1S/C26H41N3O2S/c1-21-13-17-29(18-14-21)16-8-7-15-27-26(31)23-11-5-6-12-24(23)32-20-25(30)28-19-22-9-3-2-4-10-22/h5-6,11-12,21-22H,2-4,7-10,13-20H2,1H3,(H,27,31)(H,28,30). The largest absolute Gasteiger partial charge is 0.355 e. The fourth-order valence-corrected chi connectivity index (χ4v) is 5.55. The van der Waals surface area contributed by atoms with E-state index >= 15 is 0 Å². The molecule has 1 saturated heterocycles. The lowest BCUT2D eigenvalue weighted by Crippen LogP contribution is -2.34. The number of likely N-dealkylation sites (tertiary alicyclic amines) is 1. The molecule has 2 N–H and O–H groups in total. The number of benzene rings is 1. The van der Waals surface area contributed by atoms with Gasteiger partial charge in [0.2, 0.25) is 5.91 Å². The SMILES string of the molecule is CC1CCN(CCCCNC(=O)c2ccccc2SCC(=O)NCC2CCCCC2)CC1. The van der Waals surface area contributed by atoms with Crippen molar-refractivity contribution in [2.45, 2.75) is 69.6 Å². The van der Waals surface area contributed by atoms with Gasteiger partial charge in [-0.05, 0) is 82.1 Å². The van der Waals surface area contributed by atoms with Gasteiger partial charge in [-0.15, -0.1) is 11.8 Å². The molecule has 1 heterocycles. The number of amides is 2. The summed E-state index contributed by atoms with van der Waals surface area (Å²) >= 11 is 1.45. The Morgan fingerprint density at radius 3 is 2.53 bits per heavy atom. The van der Waals surface area contributed by atoms with Crippen LogP contribution in [0.3, 0.4) is 0 Å². The molecule has 1 aliphatic heterocycles. The number of piperidine rings is 1. The lowest BCUT2D eigenvalue weighted by atomic mass is 9.89. The average molecular weight is 460 g/mol. The molecule has 3 rings (SSSR count). The van der Waals surface area contributed by atoms with E-state index in [1.54, 1.807) is 0 Å². The molecule has 1 saturated carbocycles. The first-order chi connectivity index (χ1) is 15.6. The zero-order valence-electron chi connectivity index (χ0n) is 19.7. The minimum Gasteiger partial charge on any atom is -0.355 e. The van der Waals surface area contributed by atoms with Crippen molar-refractivity contribution in [1.29, 1.82) is 0 Å². The summed E-state index contributed by atoms with van der Waals surface area (Å²) in [6, 6.07) is 7.61. The van der Waals surface area contributed by atoms with Gasteiger partial charge >= 0.3 is 0 Å². The molecule has 0 unspecified atom stereocenters. The van der Waals surface area contributed by atoms with Crippen molar-refractivity contribution in [3.63, 3.8) is 0 Å². The average Bonchev–Trinajstić information content (AvgIpc) is 2.83. The summed E-state index contributed by atoms with van der Waals surface area (Å²) in [6.45, 7) is 7.39. The van der Waals surface area contributed by atoms with Crippen molar-refractivity contribution in [3.05, 3.63) is 29.8 Å². The van der Waals surface area contributed by atoms with E-state index in [1.165, 1.54) is 69.8 Å². The first kappa shape index (κ1) is 25.1. The van der Waals surface area contributed by atoms with E-state index in [2.05, 4.69) is 22.5 Å². The van der Waals surface area contributed by atoms with Gasteiger partial charge in [-0.1, -0.05) is 38.3 Å². The van der Waals surface area contributed by atoms with E-state index in [0.29, 0.717) is 23.8 Å². The van der Waals surface area contributed by atoms with Gasteiger partial charge < -0.3 is 15.5 Å². The predicted octanol–water partition coefficient (Wildman–Crippen LogP) is 4.72. The summed E-state index contributed by atoms with van der Waals surface area (Å²) in [4.78, 5) is 28.4. The number of unbranched alkanes of at least 4 members (excludes halogenated alkanes) is 1. The van der Waals surface area contributed by atoms with Gasteiger partial charge in [0.05, 0.1) is 11.3 Å². The van der Waals surface area contributed by atoms with Crippen molar-refractivity contribution in [2.24, 2.45) is 11.8 Å². The minimum atomic E-state index is -0.0393. The smallest absolute Gasteiger partial charge is 0.252 e. The molecule has 178 valence electrons. The Balaban J connectivity index is 1.34. The maximum Gasteiger partial charge on any atom is 0.252 e. The Morgan fingerprint density at radius 2 is 1.75 bits per heavy atom. The molecule has 5 nitrogen and oxygen atoms in total. The van der Waals surface area contributed by atoms with E-state index in [-0.39, 0.29) is 11.8 Å². The summed E-state index contributed by atoms with van der Waals surface area (Å²) < 4.78 is 0. The molecule has 0 aromatic heterocycles. The summed E-state index contributed by atoms with van der Waals surface area (Å²) in [7, 11) is 0. The van der Waals surface area contributed by atoms with Crippen LogP contribution in [0.1, 0.15) is 75.1 Å². The summed E-state index contributed by atoms with van der Waals surface area (Å²) in [5.41, 5.74) is 0.669. The Bertz CT molecular complexity index is 713. The Morgan fingerprint density at radius 1 is 1.00 bits per heavy atom. The van der Waals surface area contributed by atoms with Crippen LogP contribution in [0.4, 0.5) is 0 Å². The highest BCUT2D eigenvalue weighted by Crippen LogP contribution is 2.24. The number of thioether (sulfide) groups is 1. The lowest BCUT2D eigenvalue weighted by molar-refractivity contribution is -0.118. The van der Waals surface area contributed by atoms with E-state index < -0.39 is 0 Å². The maximum absolute atomic E-state index is 12.7. The molecular formula is C26H41N3O2S. The maximum atomic E-state index is 12.7. The van der Waals surface area contributed by atoms with Crippen LogP contribution in [0.15, 0.2) is 29.2 Å². The van der Waals surface area contributed by atoms with Crippen LogP contribution in [-0.2, 0) is 4.79 Å². The third kappa shape index (κ3) is 8.78. The van der Waals surface area contributed by atoms with E-state index in [9.17, 15) is 9.59 Å². The van der Waals surface area contributed by atoms with E-state index in [1.807, 2.05) is 24.3 Å². The third-order valence-corrected chi connectivity index (χ3v) is 7.94. The molecule has 0 spiro atoms. The van der Waals surface area contributed by atoms with Gasteiger partial charge in [0.1, 0.15) is 0 Å². The van der Waals surface area contributed by atoms with Crippen molar-refractivity contribution in [1.82, 2.24) is 15.5 Å². The summed E-state index contributed by atoms with van der Waals surface area (Å²) in [6.07, 6.45) is 11.1. The fraction of sp³-hybridized carbons (Fsp3) is 0.692. The fourth-order valence-electron chi connectivity index (χ4n) is 4.67. The number of rotatable bonds is 11. The highest BCUT2D eigenvalue weighted by molar-refractivity contribution is 8.00. The zero-order chi connectivity index (χ0) is 22.6. The highest BCUT2D eigenvalue weighted by Gasteiger charge is 2.17. The number of hydrogen-bond acceptors (Lipinski definition) is 4. The Labute approximate surface area is 198 Å². The number of nitrogens with zero attached hydrogens (tertiary/aromatic N) is 1. The second-order valence-electron chi connectivity index (χ2n) is 9.58. The van der Waals surface area contributed by atoms with Gasteiger partial charge in [-0.3, -0.25) is 9.59 Å². The van der Waals surface area contributed by atoms with E-state index in [4.69, 9.17) is 0 Å². The number of nitrogens with one attached hydrogen (secondary N) is 2. The second-order valence-corrected chi connectivity index (χ2v) is 10.6. The minimum absolute atomic E-state index is 0.0393. The van der Waals surface area contributed by atoms with Crippen LogP contribution in [-0.4, -0.2) is 55.2 Å². The predicted molar refractivity (Wildman–Crippen MR) is 133 cm³/mol. The Kier molecular flexibility index (Phi) is 10.9. The molecule has 2 aliphatic rings. The van der Waals surface area contributed by atoms with Crippen LogP contribution < -0.4 is 10.6 Å². The number of carbonyl (C=O) groups excluding carboxylic acids is 2. The normalized spacial score (nSPS) is 18.4. The molecule has 0 bridgehead atoms. The second kappa shape index (κ2) is 13.9. The van der Waals surface area contributed by atoms with Gasteiger partial charge in [-0.25, -0.2) is 0 Å². The molecule has 2 amide bonds. The lowest BCUT2D eigenvalue weighted by Gasteiger charge is -2.30. The van der Waals surface area contributed by atoms with Gasteiger partial charge in [0.25, 0.3) is 5.91 Å². The highest BCUT2D eigenvalue weighted by atomic mass is 32.2. The molecule has 0 atom stereocenters. The summed E-state index contributed by atoms with van der Waals surface area (Å²) in [5.74, 6) is 1.87. The first-order valence-electron chi connectivity index (χ1n) is 12.6. The molecule has 0 radical (unpaired) electrons. The van der Waals surface area contributed by atoms with Gasteiger partial charge in [-0.2, -0.15) is 0 Å². The van der Waals surface area contributed by atoms with Gasteiger partial charge in [0.15, 0.2) is 0 Å². The Hall–Kier alpha value is -1.53. The van der Waals surface area contributed by atoms with Crippen molar-refractivity contribution >= 4 is 23.6 Å². The van der Waals surface area contributed by atoms with Crippen LogP contribution in [0.5, 0.6) is 0 Å². The van der Waals surface area contributed by atoms with E-state index in [0.717, 1.165) is 36.7 Å². The zero-order valence-corrected chi connectivity index (χ0v) is 20.6. The monoisotopic (exact) mass is 459 g/mol. The molecular weight excluding hydrogens is 418 g/mol. The van der Waals surface area contributed by atoms with Crippen molar-refractivity contribution in [2.75, 3.05) is 38.5 Å². The molecule has 1 aliphatic carbocycles. The van der Waals surface area contributed by atoms with Crippen LogP contribution >= 0.6 is 11.8 Å². The molecule has 1 aromatic carbocycles. The quantitative estimate of drug-likeness (QED) is 0.371. The first-order valence-corrected chi connectivity index (χ1v) is 13.6. The number of carbonyl (C=O) groups is 2. The summed E-state index contributed by atoms with van der Waals surface area (Å²) in [5, 5.41) is 6.15. The number of hydrogen-bond donors (Lipinski definition) is 2. The van der Waals surface area contributed by atoms with Crippen molar-refractivity contribution < 1.29 is 9.59 Å². The van der Waals surface area contributed by atoms with Crippen molar-refractivity contribution in [3.8, 4) is 0 Å². The molecule has 32 heavy (non-hydrogen) atoms. The third-order valence-electron chi connectivity index (χ3n) is 6.87. The van der Waals surface area contributed by atoms with Crippen LogP contribution in [0.2, 0.25) is 0 Å². The van der Waals surface area contributed by atoms with Gasteiger partial charge in [0, 0.05) is 18.0 Å². The molecule has 1 aromatic rings. The van der Waals surface area contributed by atoms with Crippen LogP contribution in [0, 0.1) is 11.8 Å². The topological polar surface area (TPSA) is 61.4 Å². The molecule has 6 heteroatoms. The van der Waals surface area contributed by atoms with Crippen LogP contribution in [0.25, 0.3) is 0 Å². The molecule has 2 fully saturated rings.